The number of hydrogen-bond acceptors (Lipinski definition) is 8. The van der Waals surface area contributed by atoms with Crippen molar-refractivity contribution in [3.63, 3.8) is 0 Å². The number of aromatic nitrogens is 2. The van der Waals surface area contributed by atoms with E-state index in [2.05, 4.69) is 41.7 Å². The molecule has 13 heteroatoms. The highest BCUT2D eigenvalue weighted by molar-refractivity contribution is 7.89. The predicted molar refractivity (Wildman–Crippen MR) is 143 cm³/mol. The van der Waals surface area contributed by atoms with Crippen LogP contribution in [0.5, 0.6) is 5.75 Å². The van der Waals surface area contributed by atoms with Crippen molar-refractivity contribution >= 4 is 22.0 Å². The average Bonchev–Trinajstić information content (AvgIpc) is 3.49. The van der Waals surface area contributed by atoms with Crippen molar-refractivity contribution in [3.8, 4) is 5.75 Å². The third-order valence-corrected chi connectivity index (χ3v) is 8.56. The Hall–Kier alpha value is -3.16. The van der Waals surface area contributed by atoms with E-state index in [1.54, 1.807) is 7.05 Å². The maximum Gasteiger partial charge on any atom is 0.407 e. The van der Waals surface area contributed by atoms with Gasteiger partial charge in [0.05, 0.1) is 25.5 Å². The zero-order valence-corrected chi connectivity index (χ0v) is 23.9. The number of amides is 2. The van der Waals surface area contributed by atoms with Gasteiger partial charge in [0.25, 0.3) is 10.0 Å². The van der Waals surface area contributed by atoms with Gasteiger partial charge in [-0.15, -0.1) is 0 Å². The summed E-state index contributed by atoms with van der Waals surface area (Å²) in [6.45, 7) is 7.41. The first-order valence-electron chi connectivity index (χ1n) is 13.0. The normalized spacial score (nSPS) is 21.6. The average molecular weight is 563 g/mol. The van der Waals surface area contributed by atoms with Crippen LogP contribution in [0.2, 0.25) is 0 Å². The SMILES string of the molecule is CNC(=O)O[C@H]1C[C@H](CC(=O)N[C@@H]2CCOc3cc(CNC(C)(C)C)ccc32)N(S(=O)(=O)c2cn(C)cn2)C1. The highest BCUT2D eigenvalue weighted by Gasteiger charge is 2.43. The van der Waals surface area contributed by atoms with Crippen molar-refractivity contribution < 1.29 is 27.5 Å². The van der Waals surface area contributed by atoms with Crippen molar-refractivity contribution in [2.24, 2.45) is 7.05 Å². The van der Waals surface area contributed by atoms with Gasteiger partial charge < -0.3 is 30.0 Å². The summed E-state index contributed by atoms with van der Waals surface area (Å²) in [4.78, 5) is 29.0. The Morgan fingerprint density at radius 1 is 1.26 bits per heavy atom. The molecule has 2 aliphatic heterocycles. The first kappa shape index (κ1) is 28.8. The smallest absolute Gasteiger partial charge is 0.407 e. The van der Waals surface area contributed by atoms with Gasteiger partial charge in [0, 0.05) is 63.2 Å². The van der Waals surface area contributed by atoms with E-state index in [-0.39, 0.29) is 41.9 Å². The summed E-state index contributed by atoms with van der Waals surface area (Å²) in [5.41, 5.74) is 1.95. The van der Waals surface area contributed by atoms with Gasteiger partial charge in [-0.25, -0.2) is 18.2 Å². The number of aryl methyl sites for hydroxylation is 1. The second-order valence-corrected chi connectivity index (χ2v) is 12.9. The lowest BCUT2D eigenvalue weighted by molar-refractivity contribution is -0.122. The largest absolute Gasteiger partial charge is 0.493 e. The van der Waals surface area contributed by atoms with Gasteiger partial charge in [0.15, 0.2) is 5.03 Å². The maximum atomic E-state index is 13.4. The Bertz CT molecular complexity index is 1300. The van der Waals surface area contributed by atoms with E-state index < -0.39 is 28.3 Å². The summed E-state index contributed by atoms with van der Waals surface area (Å²) in [5.74, 6) is 0.442. The molecule has 4 rings (SSSR count). The van der Waals surface area contributed by atoms with Crippen LogP contribution in [0, 0.1) is 0 Å². The third kappa shape index (κ3) is 7.08. The topological polar surface area (TPSA) is 144 Å². The summed E-state index contributed by atoms with van der Waals surface area (Å²) in [6.07, 6.45) is 2.17. The predicted octanol–water partition coefficient (Wildman–Crippen LogP) is 1.83. The van der Waals surface area contributed by atoms with Crippen molar-refractivity contribution in [2.75, 3.05) is 20.2 Å². The van der Waals surface area contributed by atoms with E-state index in [4.69, 9.17) is 9.47 Å². The minimum absolute atomic E-state index is 0.0180. The summed E-state index contributed by atoms with van der Waals surface area (Å²) >= 11 is 0. The van der Waals surface area contributed by atoms with Gasteiger partial charge in [0.2, 0.25) is 5.91 Å². The number of nitrogens with zero attached hydrogens (tertiary/aromatic N) is 3. The fourth-order valence-electron chi connectivity index (χ4n) is 4.79. The lowest BCUT2D eigenvalue weighted by atomic mass is 9.98. The molecule has 1 fully saturated rings. The number of hydrogen-bond donors (Lipinski definition) is 3. The molecule has 3 atom stereocenters. The van der Waals surface area contributed by atoms with Crippen LogP contribution in [0.1, 0.15) is 57.2 Å². The first-order valence-corrected chi connectivity index (χ1v) is 14.5. The maximum absolute atomic E-state index is 13.4. The number of alkyl carbamates (subject to hydrolysis) is 1. The molecule has 3 N–H and O–H groups in total. The molecule has 39 heavy (non-hydrogen) atoms. The number of benzene rings is 1. The Kier molecular flexibility index (Phi) is 8.52. The molecule has 0 bridgehead atoms. The highest BCUT2D eigenvalue weighted by Crippen LogP contribution is 2.34. The standard InChI is InChI=1S/C26H38N6O6S/c1-26(2,3)29-13-17-6-7-20-21(8-9-37-22(20)10-17)30-23(33)12-18-11-19(38-25(34)27-4)14-32(18)39(35,36)24-15-31(5)16-28-24/h6-7,10,15-16,18-19,21,29H,8-9,11-14H2,1-5H3,(H,27,34)(H,30,33)/t18-,19+,21-/m1/s1. The van der Waals surface area contributed by atoms with E-state index >= 15 is 0 Å². The van der Waals surface area contributed by atoms with E-state index in [1.807, 2.05) is 18.2 Å². The minimum Gasteiger partial charge on any atom is -0.493 e. The van der Waals surface area contributed by atoms with E-state index in [0.29, 0.717) is 19.6 Å². The molecule has 0 spiro atoms. The van der Waals surface area contributed by atoms with Crippen LogP contribution in [0.15, 0.2) is 35.7 Å². The van der Waals surface area contributed by atoms with Gasteiger partial charge in [-0.1, -0.05) is 12.1 Å². The molecule has 0 unspecified atom stereocenters. The number of ether oxygens (including phenoxy) is 2. The Morgan fingerprint density at radius 2 is 2.03 bits per heavy atom. The van der Waals surface area contributed by atoms with Crippen LogP contribution in [0.3, 0.4) is 0 Å². The lowest BCUT2D eigenvalue weighted by Crippen LogP contribution is -2.40. The second kappa shape index (κ2) is 11.5. The minimum atomic E-state index is -4.01. The molecule has 1 aromatic carbocycles. The Morgan fingerprint density at radius 3 is 2.69 bits per heavy atom. The van der Waals surface area contributed by atoms with Crippen molar-refractivity contribution in [2.45, 2.75) is 75.3 Å². The van der Waals surface area contributed by atoms with Gasteiger partial charge in [-0.3, -0.25) is 4.79 Å². The first-order chi connectivity index (χ1) is 18.4. The van der Waals surface area contributed by atoms with E-state index in [9.17, 15) is 18.0 Å². The summed E-state index contributed by atoms with van der Waals surface area (Å²) in [6, 6.07) is 5.03. The summed E-state index contributed by atoms with van der Waals surface area (Å²) in [5, 5.41) is 8.78. The number of imidazole rings is 1. The highest BCUT2D eigenvalue weighted by atomic mass is 32.2. The van der Waals surface area contributed by atoms with Crippen LogP contribution in [-0.4, -0.2) is 72.2 Å². The number of rotatable bonds is 8. The van der Waals surface area contributed by atoms with Gasteiger partial charge in [0.1, 0.15) is 11.9 Å². The number of fused-ring (bicyclic) bond motifs is 1. The molecule has 0 aliphatic carbocycles. The van der Waals surface area contributed by atoms with E-state index in [1.165, 1.54) is 28.4 Å². The summed E-state index contributed by atoms with van der Waals surface area (Å²) in [7, 11) is -0.901. The number of sulfonamides is 1. The lowest BCUT2D eigenvalue weighted by Gasteiger charge is -2.29. The monoisotopic (exact) mass is 562 g/mol. The molecule has 2 aromatic rings. The second-order valence-electron chi connectivity index (χ2n) is 11.1. The van der Waals surface area contributed by atoms with Gasteiger partial charge >= 0.3 is 6.09 Å². The Labute approximate surface area is 229 Å². The molecule has 3 heterocycles. The third-order valence-electron chi connectivity index (χ3n) is 6.75. The molecule has 1 aromatic heterocycles. The molecule has 0 saturated carbocycles. The molecule has 214 valence electrons. The fourth-order valence-corrected chi connectivity index (χ4v) is 6.43. The number of carbonyl (C=O) groups is 2. The molecule has 2 amide bonds. The molecule has 1 saturated heterocycles. The van der Waals surface area contributed by atoms with Gasteiger partial charge in [-0.05, 0) is 32.4 Å². The van der Waals surface area contributed by atoms with Crippen LogP contribution in [0.25, 0.3) is 0 Å². The molecule has 2 aliphatic rings. The Balaban J connectivity index is 1.47. The molecule has 0 radical (unpaired) electrons. The van der Waals surface area contributed by atoms with Crippen molar-refractivity contribution in [1.29, 1.82) is 0 Å². The zero-order chi connectivity index (χ0) is 28.4. The number of nitrogens with one attached hydrogen (secondary N) is 3. The van der Waals surface area contributed by atoms with Crippen LogP contribution < -0.4 is 20.7 Å². The van der Waals surface area contributed by atoms with E-state index in [0.717, 1.165) is 16.9 Å². The fraction of sp³-hybridized carbons (Fsp3) is 0.577. The summed E-state index contributed by atoms with van der Waals surface area (Å²) < 4.78 is 40.8. The zero-order valence-electron chi connectivity index (χ0n) is 23.1. The van der Waals surface area contributed by atoms with Crippen molar-refractivity contribution in [1.82, 2.24) is 29.8 Å². The van der Waals surface area contributed by atoms with Gasteiger partial charge in [-0.2, -0.15) is 4.31 Å². The quantitative estimate of drug-likeness (QED) is 0.442. The molecular weight excluding hydrogens is 524 g/mol. The number of carbonyl (C=O) groups excluding carboxylic acids is 2. The van der Waals surface area contributed by atoms with Crippen molar-refractivity contribution in [3.05, 3.63) is 41.9 Å². The van der Waals surface area contributed by atoms with Crippen LogP contribution in [0.4, 0.5) is 4.79 Å². The van der Waals surface area contributed by atoms with Crippen LogP contribution in [-0.2, 0) is 33.1 Å². The van der Waals surface area contributed by atoms with Crippen LogP contribution >= 0.6 is 0 Å². The molecule has 12 nitrogen and oxygen atoms in total. The molecular formula is C26H38N6O6S.